The van der Waals surface area contributed by atoms with Crippen LogP contribution in [0.4, 0.5) is 0 Å². The van der Waals surface area contributed by atoms with Crippen LogP contribution >= 0.6 is 0 Å². The monoisotopic (exact) mass is 315 g/mol. The lowest BCUT2D eigenvalue weighted by Gasteiger charge is -2.41. The van der Waals surface area contributed by atoms with Gasteiger partial charge in [-0.15, -0.1) is 0 Å². The molecule has 0 aromatic heterocycles. The highest BCUT2D eigenvalue weighted by Crippen LogP contribution is 2.24. The zero-order valence-electron chi connectivity index (χ0n) is 14.4. The minimum atomic E-state index is 0.0769. The number of nitrogens with zero attached hydrogens (tertiary/aromatic N) is 2. The molecule has 1 saturated heterocycles. The number of rotatable bonds is 3. The Bertz CT molecular complexity index is 512. The van der Waals surface area contributed by atoms with Crippen molar-refractivity contribution in [1.29, 1.82) is 0 Å². The SMILES string of the molecule is Cc1ccc(C(=O)NC2CCC(N3CCN(C)CC3)CC2)cc1. The molecule has 2 aliphatic rings. The highest BCUT2D eigenvalue weighted by atomic mass is 16.1. The van der Waals surface area contributed by atoms with Gasteiger partial charge in [0.1, 0.15) is 0 Å². The predicted molar refractivity (Wildman–Crippen MR) is 93.8 cm³/mol. The van der Waals surface area contributed by atoms with Gasteiger partial charge in [-0.1, -0.05) is 17.7 Å². The van der Waals surface area contributed by atoms with E-state index in [2.05, 4.69) is 22.2 Å². The molecule has 1 amide bonds. The Balaban J connectivity index is 1.45. The van der Waals surface area contributed by atoms with Crippen molar-refractivity contribution in [1.82, 2.24) is 15.1 Å². The lowest BCUT2D eigenvalue weighted by molar-refractivity contribution is 0.0791. The molecular formula is C19H29N3O. The second-order valence-electron chi connectivity index (χ2n) is 7.18. The number of likely N-dealkylation sites (N-methyl/N-ethyl adjacent to an activating group) is 1. The molecule has 1 aliphatic carbocycles. The van der Waals surface area contributed by atoms with Crippen LogP contribution in [0.5, 0.6) is 0 Å². The molecule has 0 bridgehead atoms. The summed E-state index contributed by atoms with van der Waals surface area (Å²) in [7, 11) is 2.20. The molecule has 3 rings (SSSR count). The molecule has 23 heavy (non-hydrogen) atoms. The van der Waals surface area contributed by atoms with Gasteiger partial charge in [0.2, 0.25) is 0 Å². The number of aryl methyl sites for hydroxylation is 1. The van der Waals surface area contributed by atoms with Gasteiger partial charge in [0, 0.05) is 43.8 Å². The van der Waals surface area contributed by atoms with Crippen LogP contribution in [0.2, 0.25) is 0 Å². The third kappa shape index (κ3) is 4.33. The Morgan fingerprint density at radius 2 is 1.61 bits per heavy atom. The van der Waals surface area contributed by atoms with Gasteiger partial charge in [-0.2, -0.15) is 0 Å². The molecule has 4 heteroatoms. The molecule has 1 aliphatic heterocycles. The number of benzene rings is 1. The molecular weight excluding hydrogens is 286 g/mol. The number of carbonyl (C=O) groups excluding carboxylic acids is 1. The second kappa shape index (κ2) is 7.45. The average Bonchev–Trinajstić information content (AvgIpc) is 2.57. The van der Waals surface area contributed by atoms with E-state index in [0.717, 1.165) is 24.4 Å². The molecule has 1 N–H and O–H groups in total. The quantitative estimate of drug-likeness (QED) is 0.929. The van der Waals surface area contributed by atoms with Gasteiger partial charge in [-0.3, -0.25) is 9.69 Å². The Morgan fingerprint density at radius 1 is 1.00 bits per heavy atom. The van der Waals surface area contributed by atoms with Crippen LogP contribution in [-0.2, 0) is 0 Å². The fraction of sp³-hybridized carbons (Fsp3) is 0.632. The number of piperazine rings is 1. The summed E-state index contributed by atoms with van der Waals surface area (Å²) >= 11 is 0. The van der Waals surface area contributed by atoms with Crippen molar-refractivity contribution in [2.24, 2.45) is 0 Å². The van der Waals surface area contributed by atoms with Crippen molar-refractivity contribution in [3.8, 4) is 0 Å². The maximum Gasteiger partial charge on any atom is 0.251 e. The minimum absolute atomic E-state index is 0.0769. The number of hydrogen-bond acceptors (Lipinski definition) is 3. The van der Waals surface area contributed by atoms with Gasteiger partial charge in [-0.05, 0) is 51.8 Å². The average molecular weight is 315 g/mol. The van der Waals surface area contributed by atoms with Crippen molar-refractivity contribution < 1.29 is 4.79 Å². The first-order valence-corrected chi connectivity index (χ1v) is 8.92. The lowest BCUT2D eigenvalue weighted by atomic mass is 9.89. The highest BCUT2D eigenvalue weighted by Gasteiger charge is 2.28. The molecule has 1 heterocycles. The topological polar surface area (TPSA) is 35.6 Å². The summed E-state index contributed by atoms with van der Waals surface area (Å²) in [5.74, 6) is 0.0769. The van der Waals surface area contributed by atoms with E-state index in [4.69, 9.17) is 0 Å². The summed E-state index contributed by atoms with van der Waals surface area (Å²) in [6.07, 6.45) is 4.63. The van der Waals surface area contributed by atoms with Crippen LogP contribution in [0.25, 0.3) is 0 Å². The first-order valence-electron chi connectivity index (χ1n) is 8.92. The largest absolute Gasteiger partial charge is 0.349 e. The molecule has 0 spiro atoms. The first kappa shape index (κ1) is 16.5. The lowest BCUT2D eigenvalue weighted by Crippen LogP contribution is -2.51. The molecule has 0 atom stereocenters. The van der Waals surface area contributed by atoms with Crippen LogP contribution < -0.4 is 5.32 Å². The number of carbonyl (C=O) groups is 1. The van der Waals surface area contributed by atoms with Crippen molar-refractivity contribution >= 4 is 5.91 Å². The summed E-state index contributed by atoms with van der Waals surface area (Å²) in [5, 5.41) is 3.22. The molecule has 4 nitrogen and oxygen atoms in total. The van der Waals surface area contributed by atoms with E-state index >= 15 is 0 Å². The summed E-state index contributed by atoms with van der Waals surface area (Å²) in [5.41, 5.74) is 1.96. The Labute approximate surface area is 139 Å². The van der Waals surface area contributed by atoms with Crippen molar-refractivity contribution in [3.63, 3.8) is 0 Å². The summed E-state index contributed by atoms with van der Waals surface area (Å²) < 4.78 is 0. The molecule has 2 fully saturated rings. The molecule has 0 radical (unpaired) electrons. The molecule has 0 unspecified atom stereocenters. The Kier molecular flexibility index (Phi) is 5.34. The standard InChI is InChI=1S/C19H29N3O/c1-15-3-5-16(6-4-15)19(23)20-17-7-9-18(10-8-17)22-13-11-21(2)12-14-22/h3-6,17-18H,7-14H2,1-2H3,(H,20,23). The summed E-state index contributed by atoms with van der Waals surface area (Å²) in [6.45, 7) is 6.80. The van der Waals surface area contributed by atoms with Gasteiger partial charge in [-0.25, -0.2) is 0 Å². The normalized spacial score (nSPS) is 26.9. The number of hydrogen-bond donors (Lipinski definition) is 1. The van der Waals surface area contributed by atoms with Crippen molar-refractivity contribution in [3.05, 3.63) is 35.4 Å². The van der Waals surface area contributed by atoms with Gasteiger partial charge in [0.15, 0.2) is 0 Å². The molecule has 126 valence electrons. The Morgan fingerprint density at radius 3 is 2.22 bits per heavy atom. The fourth-order valence-electron chi connectivity index (χ4n) is 3.75. The Hall–Kier alpha value is -1.39. The van der Waals surface area contributed by atoms with E-state index in [9.17, 15) is 4.79 Å². The first-order chi connectivity index (χ1) is 11.1. The fourth-order valence-corrected chi connectivity index (χ4v) is 3.75. The van der Waals surface area contributed by atoms with E-state index in [1.807, 2.05) is 31.2 Å². The number of nitrogens with one attached hydrogen (secondary N) is 1. The smallest absolute Gasteiger partial charge is 0.251 e. The third-order valence-corrected chi connectivity index (χ3v) is 5.40. The van der Waals surface area contributed by atoms with E-state index < -0.39 is 0 Å². The van der Waals surface area contributed by atoms with E-state index in [0.29, 0.717) is 6.04 Å². The van der Waals surface area contributed by atoms with Crippen LogP contribution in [0.1, 0.15) is 41.6 Å². The van der Waals surface area contributed by atoms with Crippen molar-refractivity contribution in [2.75, 3.05) is 33.2 Å². The number of amides is 1. The van der Waals surface area contributed by atoms with Crippen LogP contribution in [0.3, 0.4) is 0 Å². The zero-order chi connectivity index (χ0) is 16.2. The van der Waals surface area contributed by atoms with Gasteiger partial charge in [0.25, 0.3) is 5.91 Å². The molecule has 1 saturated carbocycles. The second-order valence-corrected chi connectivity index (χ2v) is 7.18. The van der Waals surface area contributed by atoms with E-state index in [1.165, 1.54) is 44.6 Å². The maximum absolute atomic E-state index is 12.3. The zero-order valence-corrected chi connectivity index (χ0v) is 14.4. The van der Waals surface area contributed by atoms with E-state index in [1.54, 1.807) is 0 Å². The summed E-state index contributed by atoms with van der Waals surface area (Å²) in [6, 6.07) is 8.89. The third-order valence-electron chi connectivity index (χ3n) is 5.40. The van der Waals surface area contributed by atoms with Crippen molar-refractivity contribution in [2.45, 2.75) is 44.7 Å². The van der Waals surface area contributed by atoms with Gasteiger partial charge >= 0.3 is 0 Å². The predicted octanol–water partition coefficient (Wildman–Crippen LogP) is 2.28. The van der Waals surface area contributed by atoms with Gasteiger partial charge < -0.3 is 10.2 Å². The maximum atomic E-state index is 12.3. The van der Waals surface area contributed by atoms with E-state index in [-0.39, 0.29) is 5.91 Å². The highest BCUT2D eigenvalue weighted by molar-refractivity contribution is 5.94. The van der Waals surface area contributed by atoms with Crippen LogP contribution in [0.15, 0.2) is 24.3 Å². The minimum Gasteiger partial charge on any atom is -0.349 e. The van der Waals surface area contributed by atoms with Gasteiger partial charge in [0.05, 0.1) is 0 Å². The summed E-state index contributed by atoms with van der Waals surface area (Å²) in [4.78, 5) is 17.4. The van der Waals surface area contributed by atoms with Crippen LogP contribution in [0, 0.1) is 6.92 Å². The molecule has 1 aromatic carbocycles. The van der Waals surface area contributed by atoms with Crippen LogP contribution in [-0.4, -0.2) is 61.0 Å². The molecule has 1 aromatic rings.